The summed E-state index contributed by atoms with van der Waals surface area (Å²) < 4.78 is 1.02. The molecule has 0 radical (unpaired) electrons. The van der Waals surface area contributed by atoms with Gasteiger partial charge in [-0.2, -0.15) is 0 Å². The average molecular weight is 313 g/mol. The molecule has 100 valence electrons. The van der Waals surface area contributed by atoms with Crippen molar-refractivity contribution in [2.45, 2.75) is 32.4 Å². The van der Waals surface area contributed by atoms with Gasteiger partial charge in [0.1, 0.15) is 5.75 Å². The summed E-state index contributed by atoms with van der Waals surface area (Å²) in [6, 6.07) is 6.50. The molecular formula is C14H21BrN2O. The summed E-state index contributed by atoms with van der Waals surface area (Å²) in [5.74, 6) is 0.399. The lowest BCUT2D eigenvalue weighted by Crippen LogP contribution is -2.50. The van der Waals surface area contributed by atoms with Gasteiger partial charge in [0.05, 0.1) is 0 Å². The van der Waals surface area contributed by atoms with Crippen LogP contribution in [0.4, 0.5) is 0 Å². The lowest BCUT2D eigenvalue weighted by Gasteiger charge is -2.38. The Morgan fingerprint density at radius 2 is 2.33 bits per heavy atom. The predicted octanol–water partition coefficient (Wildman–Crippen LogP) is 2.90. The Balaban J connectivity index is 2.24. The average Bonchev–Trinajstić information content (AvgIpc) is 2.35. The third kappa shape index (κ3) is 3.05. The fraction of sp³-hybridized carbons (Fsp3) is 0.571. The number of phenols is 1. The van der Waals surface area contributed by atoms with Crippen molar-refractivity contribution in [1.29, 1.82) is 0 Å². The minimum absolute atomic E-state index is 0.298. The van der Waals surface area contributed by atoms with Crippen LogP contribution in [0, 0.1) is 0 Å². The van der Waals surface area contributed by atoms with Gasteiger partial charge in [-0.05, 0) is 31.5 Å². The number of aromatic hydroxyl groups is 1. The van der Waals surface area contributed by atoms with Crippen molar-refractivity contribution in [3.05, 3.63) is 28.2 Å². The first kappa shape index (κ1) is 13.8. The van der Waals surface area contributed by atoms with Crippen LogP contribution in [0.3, 0.4) is 0 Å². The number of nitrogens with zero attached hydrogens (tertiary/aromatic N) is 1. The number of hydrogen-bond donors (Lipinski definition) is 2. The normalized spacial score (nSPS) is 22.9. The summed E-state index contributed by atoms with van der Waals surface area (Å²) in [6.45, 7) is 7.48. The number of benzene rings is 1. The van der Waals surface area contributed by atoms with E-state index in [1.165, 1.54) is 0 Å². The van der Waals surface area contributed by atoms with Crippen molar-refractivity contribution < 1.29 is 5.11 Å². The summed E-state index contributed by atoms with van der Waals surface area (Å²) in [6.07, 6.45) is 1.01. The van der Waals surface area contributed by atoms with Gasteiger partial charge >= 0.3 is 0 Å². The van der Waals surface area contributed by atoms with Gasteiger partial charge in [-0.3, -0.25) is 4.90 Å². The Kier molecular flexibility index (Phi) is 4.65. The maximum absolute atomic E-state index is 10.1. The second-order valence-electron chi connectivity index (χ2n) is 4.98. The summed E-state index contributed by atoms with van der Waals surface area (Å²) in [4.78, 5) is 2.46. The smallest absolute Gasteiger partial charge is 0.120 e. The Bertz CT molecular complexity index is 411. The molecule has 1 heterocycles. The lowest BCUT2D eigenvalue weighted by molar-refractivity contribution is 0.143. The minimum Gasteiger partial charge on any atom is -0.508 e. The molecule has 0 aromatic heterocycles. The zero-order valence-corrected chi connectivity index (χ0v) is 12.6. The highest BCUT2D eigenvalue weighted by atomic mass is 79.9. The topological polar surface area (TPSA) is 35.5 Å². The van der Waals surface area contributed by atoms with Crippen molar-refractivity contribution in [3.8, 4) is 5.75 Å². The maximum atomic E-state index is 10.1. The van der Waals surface area contributed by atoms with Crippen molar-refractivity contribution in [2.75, 3.05) is 19.6 Å². The van der Waals surface area contributed by atoms with Crippen LogP contribution < -0.4 is 5.32 Å². The number of phenolic OH excluding ortho intramolecular Hbond substituents is 1. The van der Waals surface area contributed by atoms with Gasteiger partial charge in [0.2, 0.25) is 0 Å². The standard InChI is InChI=1S/C14H21BrN2O/c1-3-13(17-7-6-16-10(2)9-17)12-8-11(15)4-5-14(12)18/h4-5,8,10,13,16,18H,3,6-7,9H2,1-2H3. The van der Waals surface area contributed by atoms with Gasteiger partial charge in [-0.1, -0.05) is 22.9 Å². The molecule has 4 heteroatoms. The maximum Gasteiger partial charge on any atom is 0.120 e. The second kappa shape index (κ2) is 6.04. The molecule has 3 nitrogen and oxygen atoms in total. The van der Waals surface area contributed by atoms with E-state index >= 15 is 0 Å². The van der Waals surface area contributed by atoms with Gasteiger partial charge in [-0.15, -0.1) is 0 Å². The summed E-state index contributed by atoms with van der Waals surface area (Å²) in [7, 11) is 0. The number of piperazine rings is 1. The van der Waals surface area contributed by atoms with E-state index in [1.54, 1.807) is 6.07 Å². The molecule has 2 N–H and O–H groups in total. The van der Waals surface area contributed by atoms with Crippen LogP contribution in [0.5, 0.6) is 5.75 Å². The first-order valence-corrected chi connectivity index (χ1v) is 7.37. The third-order valence-electron chi connectivity index (χ3n) is 3.58. The monoisotopic (exact) mass is 312 g/mol. The molecule has 1 aliphatic heterocycles. The van der Waals surface area contributed by atoms with Crippen LogP contribution in [0.15, 0.2) is 22.7 Å². The fourth-order valence-corrected chi connectivity index (χ4v) is 3.09. The van der Waals surface area contributed by atoms with E-state index in [-0.39, 0.29) is 0 Å². The van der Waals surface area contributed by atoms with Gasteiger partial charge in [0.25, 0.3) is 0 Å². The van der Waals surface area contributed by atoms with E-state index in [2.05, 4.69) is 40.0 Å². The van der Waals surface area contributed by atoms with Crippen LogP contribution in [-0.2, 0) is 0 Å². The zero-order chi connectivity index (χ0) is 13.1. The zero-order valence-electron chi connectivity index (χ0n) is 11.0. The quantitative estimate of drug-likeness (QED) is 0.901. The molecule has 2 atom stereocenters. The largest absolute Gasteiger partial charge is 0.508 e. The van der Waals surface area contributed by atoms with Crippen LogP contribution in [0.2, 0.25) is 0 Å². The molecule has 1 aromatic rings. The summed E-state index contributed by atoms with van der Waals surface area (Å²) >= 11 is 3.49. The highest BCUT2D eigenvalue weighted by molar-refractivity contribution is 9.10. The lowest BCUT2D eigenvalue weighted by atomic mass is 10.00. The Morgan fingerprint density at radius 1 is 1.56 bits per heavy atom. The highest BCUT2D eigenvalue weighted by Gasteiger charge is 2.25. The SMILES string of the molecule is CCC(c1cc(Br)ccc1O)N1CCNC(C)C1. The van der Waals surface area contributed by atoms with Crippen molar-refractivity contribution in [1.82, 2.24) is 10.2 Å². The van der Waals surface area contributed by atoms with E-state index in [1.807, 2.05) is 12.1 Å². The summed E-state index contributed by atoms with van der Waals surface area (Å²) in [5, 5.41) is 13.5. The third-order valence-corrected chi connectivity index (χ3v) is 4.07. The molecule has 1 aliphatic rings. The Labute approximate surface area is 117 Å². The molecule has 0 bridgehead atoms. The number of hydrogen-bond acceptors (Lipinski definition) is 3. The highest BCUT2D eigenvalue weighted by Crippen LogP contribution is 2.33. The molecular weight excluding hydrogens is 292 g/mol. The number of halogens is 1. The molecule has 2 rings (SSSR count). The summed E-state index contributed by atoms with van der Waals surface area (Å²) in [5.41, 5.74) is 1.03. The molecule has 18 heavy (non-hydrogen) atoms. The molecule has 0 saturated carbocycles. The predicted molar refractivity (Wildman–Crippen MR) is 77.9 cm³/mol. The van der Waals surface area contributed by atoms with Gasteiger partial charge in [-0.25, -0.2) is 0 Å². The van der Waals surface area contributed by atoms with E-state index in [0.29, 0.717) is 17.8 Å². The van der Waals surface area contributed by atoms with Crippen molar-refractivity contribution in [3.63, 3.8) is 0 Å². The van der Waals surface area contributed by atoms with Crippen molar-refractivity contribution in [2.24, 2.45) is 0 Å². The van der Waals surface area contributed by atoms with Crippen LogP contribution >= 0.6 is 15.9 Å². The molecule has 0 spiro atoms. The Hall–Kier alpha value is -0.580. The fourth-order valence-electron chi connectivity index (χ4n) is 2.71. The number of rotatable bonds is 3. The van der Waals surface area contributed by atoms with Crippen LogP contribution in [-0.4, -0.2) is 35.7 Å². The molecule has 1 fully saturated rings. The molecule has 1 saturated heterocycles. The van der Waals surface area contributed by atoms with Gasteiger partial charge in [0, 0.05) is 41.8 Å². The second-order valence-corrected chi connectivity index (χ2v) is 5.89. The van der Waals surface area contributed by atoms with Crippen LogP contribution in [0.1, 0.15) is 31.9 Å². The van der Waals surface area contributed by atoms with E-state index in [9.17, 15) is 5.11 Å². The molecule has 1 aromatic carbocycles. The first-order valence-electron chi connectivity index (χ1n) is 6.57. The van der Waals surface area contributed by atoms with E-state index in [4.69, 9.17) is 0 Å². The van der Waals surface area contributed by atoms with Crippen LogP contribution in [0.25, 0.3) is 0 Å². The number of nitrogens with one attached hydrogen (secondary N) is 1. The van der Waals surface area contributed by atoms with E-state index < -0.39 is 0 Å². The first-order chi connectivity index (χ1) is 8.61. The Morgan fingerprint density at radius 3 is 3.00 bits per heavy atom. The molecule has 0 amide bonds. The molecule has 0 aliphatic carbocycles. The van der Waals surface area contributed by atoms with Gasteiger partial charge < -0.3 is 10.4 Å². The minimum atomic E-state index is 0.298. The molecule has 2 unspecified atom stereocenters. The van der Waals surface area contributed by atoms with Gasteiger partial charge in [0.15, 0.2) is 0 Å². The van der Waals surface area contributed by atoms with Crippen molar-refractivity contribution >= 4 is 15.9 Å². The van der Waals surface area contributed by atoms with E-state index in [0.717, 1.165) is 36.1 Å².